The van der Waals surface area contributed by atoms with Gasteiger partial charge in [0.2, 0.25) is 0 Å². The van der Waals surface area contributed by atoms with Crippen LogP contribution in [0, 0.1) is 0 Å². The van der Waals surface area contributed by atoms with Gasteiger partial charge in [-0.05, 0) is 96.3 Å². The number of hydrogen-bond acceptors (Lipinski definition) is 11. The third kappa shape index (κ3) is 50.5. The zero-order chi connectivity index (χ0) is 61.7. The fourth-order valence-corrected chi connectivity index (χ4v) is 11.1. The topological polar surface area (TPSA) is 175 Å². The molecule has 1 aliphatic heterocycles. The Bertz CT molecular complexity index is 1610. The molecule has 0 amide bonds. The van der Waals surface area contributed by atoms with Gasteiger partial charge in [-0.3, -0.25) is 14.4 Å². The number of aliphatic hydroxyl groups excluding tert-OH is 2. The molecule has 1 rings (SSSR count). The zero-order valence-electron chi connectivity index (χ0n) is 55.1. The highest BCUT2D eigenvalue weighted by molar-refractivity contribution is 5.74. The maximum Gasteiger partial charge on any atom is 0.335 e. The van der Waals surface area contributed by atoms with E-state index in [0.29, 0.717) is 19.3 Å². The van der Waals surface area contributed by atoms with Gasteiger partial charge in [-0.1, -0.05) is 276 Å². The van der Waals surface area contributed by atoms with Crippen molar-refractivity contribution in [2.45, 2.75) is 391 Å². The monoisotopic (exact) mass is 1200 g/mol. The summed E-state index contributed by atoms with van der Waals surface area (Å²) in [5, 5.41) is 31.7. The SMILES string of the molecule is CCCCCCCC/C=C\CCCCCCCCCCCC(=O)OCC(COC1OC(C(=O)O)C(O)C(O)C1OC(=O)CCCCCCCCC/C=C\CCCCCCCC)OC(=O)CCCCCCCCCCC/C=C\CCCCCCCC. The Hall–Kier alpha value is -3.06. The number of rotatable bonds is 63. The van der Waals surface area contributed by atoms with Crippen molar-refractivity contribution in [3.05, 3.63) is 36.5 Å². The van der Waals surface area contributed by atoms with Crippen molar-refractivity contribution in [3.63, 3.8) is 0 Å². The van der Waals surface area contributed by atoms with Crippen molar-refractivity contribution in [3.8, 4) is 0 Å². The first-order chi connectivity index (χ1) is 41.6. The van der Waals surface area contributed by atoms with Gasteiger partial charge in [-0.15, -0.1) is 0 Å². The Kier molecular flexibility index (Phi) is 57.6. The Morgan fingerprint density at radius 3 is 1.00 bits per heavy atom. The number of carbonyl (C=O) groups is 4. The predicted molar refractivity (Wildman–Crippen MR) is 350 cm³/mol. The number of carbonyl (C=O) groups excluding carboxylic acids is 3. The lowest BCUT2D eigenvalue weighted by molar-refractivity contribution is -0.301. The Balaban J connectivity index is 2.62. The summed E-state index contributed by atoms with van der Waals surface area (Å²) in [4.78, 5) is 51.5. The van der Waals surface area contributed by atoms with Crippen LogP contribution >= 0.6 is 0 Å². The van der Waals surface area contributed by atoms with Gasteiger partial charge >= 0.3 is 23.9 Å². The van der Waals surface area contributed by atoms with E-state index in [-0.39, 0.29) is 25.9 Å². The molecule has 0 radical (unpaired) electrons. The molecule has 12 nitrogen and oxygen atoms in total. The van der Waals surface area contributed by atoms with Gasteiger partial charge in [0.05, 0.1) is 6.61 Å². The van der Waals surface area contributed by atoms with Gasteiger partial charge < -0.3 is 39.0 Å². The average molecular weight is 1200 g/mol. The van der Waals surface area contributed by atoms with Gasteiger partial charge in [-0.2, -0.15) is 0 Å². The molecule has 3 N–H and O–H groups in total. The van der Waals surface area contributed by atoms with Gasteiger partial charge in [0.1, 0.15) is 18.8 Å². The molecule has 1 heterocycles. The van der Waals surface area contributed by atoms with E-state index in [9.17, 15) is 34.5 Å². The number of esters is 3. The van der Waals surface area contributed by atoms with Crippen LogP contribution in [-0.4, -0.2) is 89.2 Å². The lowest BCUT2D eigenvalue weighted by Gasteiger charge is -2.40. The number of carboxylic acid groups (broad SMARTS) is 1. The molecule has 0 aromatic carbocycles. The van der Waals surface area contributed by atoms with Crippen molar-refractivity contribution in [2.75, 3.05) is 13.2 Å². The van der Waals surface area contributed by atoms with Crippen molar-refractivity contribution in [1.29, 1.82) is 0 Å². The van der Waals surface area contributed by atoms with Crippen LogP contribution in [0.25, 0.3) is 0 Å². The first-order valence-electron chi connectivity index (χ1n) is 36.0. The number of unbranched alkanes of at least 4 members (excludes halogenated alkanes) is 43. The number of aliphatic hydroxyl groups is 2. The highest BCUT2D eigenvalue weighted by atomic mass is 16.7. The molecule has 0 aliphatic carbocycles. The second kappa shape index (κ2) is 61.2. The van der Waals surface area contributed by atoms with Gasteiger partial charge in [0.15, 0.2) is 24.6 Å². The van der Waals surface area contributed by atoms with Crippen molar-refractivity contribution in [2.24, 2.45) is 0 Å². The van der Waals surface area contributed by atoms with Crippen LogP contribution in [0.4, 0.5) is 0 Å². The molecule has 12 heteroatoms. The lowest BCUT2D eigenvalue weighted by Crippen LogP contribution is -2.61. The molecule has 0 saturated carbocycles. The molecule has 0 aromatic rings. The molecule has 1 saturated heterocycles. The van der Waals surface area contributed by atoms with Crippen LogP contribution in [0.1, 0.15) is 355 Å². The van der Waals surface area contributed by atoms with Crippen LogP contribution in [0.15, 0.2) is 36.5 Å². The Morgan fingerprint density at radius 1 is 0.376 bits per heavy atom. The quantitative estimate of drug-likeness (QED) is 0.0228. The molecule has 496 valence electrons. The molecule has 0 aromatic heterocycles. The first-order valence-corrected chi connectivity index (χ1v) is 36.0. The van der Waals surface area contributed by atoms with Crippen LogP contribution in [0.2, 0.25) is 0 Å². The van der Waals surface area contributed by atoms with Gasteiger partial charge in [0, 0.05) is 19.3 Å². The molecule has 6 atom stereocenters. The van der Waals surface area contributed by atoms with E-state index < -0.39 is 67.3 Å². The fraction of sp³-hybridized carbons (Fsp3) is 0.863. The summed E-state index contributed by atoms with van der Waals surface area (Å²) in [6, 6.07) is 0. The van der Waals surface area contributed by atoms with Crippen molar-refractivity contribution < 1.29 is 58.2 Å². The smallest absolute Gasteiger partial charge is 0.335 e. The molecule has 0 bridgehead atoms. The summed E-state index contributed by atoms with van der Waals surface area (Å²) in [6.45, 7) is 6.05. The number of allylic oxidation sites excluding steroid dienone is 6. The minimum Gasteiger partial charge on any atom is -0.479 e. The van der Waals surface area contributed by atoms with E-state index >= 15 is 0 Å². The Labute approximate surface area is 521 Å². The summed E-state index contributed by atoms with van der Waals surface area (Å²) >= 11 is 0. The molecule has 0 spiro atoms. The van der Waals surface area contributed by atoms with Crippen molar-refractivity contribution >= 4 is 23.9 Å². The summed E-state index contributed by atoms with van der Waals surface area (Å²) in [5.41, 5.74) is 0. The van der Waals surface area contributed by atoms with Crippen molar-refractivity contribution in [1.82, 2.24) is 0 Å². The summed E-state index contributed by atoms with van der Waals surface area (Å²) in [7, 11) is 0. The average Bonchev–Trinajstić information content (AvgIpc) is 3.46. The maximum atomic E-state index is 13.3. The number of ether oxygens (including phenoxy) is 5. The van der Waals surface area contributed by atoms with Crippen LogP contribution in [0.3, 0.4) is 0 Å². The maximum absolute atomic E-state index is 13.3. The number of aliphatic carboxylic acids is 1. The zero-order valence-corrected chi connectivity index (χ0v) is 55.1. The van der Waals surface area contributed by atoms with Crippen LogP contribution in [0.5, 0.6) is 0 Å². The molecular weight excluding hydrogens is 1070 g/mol. The molecule has 6 unspecified atom stereocenters. The van der Waals surface area contributed by atoms with Gasteiger partial charge in [0.25, 0.3) is 0 Å². The van der Waals surface area contributed by atoms with E-state index in [2.05, 4.69) is 57.2 Å². The molecule has 1 fully saturated rings. The van der Waals surface area contributed by atoms with Crippen LogP contribution in [-0.2, 0) is 42.9 Å². The van der Waals surface area contributed by atoms with E-state index in [1.54, 1.807) is 0 Å². The third-order valence-electron chi connectivity index (χ3n) is 16.7. The highest BCUT2D eigenvalue weighted by Crippen LogP contribution is 2.27. The Morgan fingerprint density at radius 2 is 0.671 bits per heavy atom. The summed E-state index contributed by atoms with van der Waals surface area (Å²) in [6.07, 6.45) is 62.4. The molecule has 85 heavy (non-hydrogen) atoms. The van der Waals surface area contributed by atoms with Gasteiger partial charge in [-0.25, -0.2) is 4.79 Å². The first kappa shape index (κ1) is 80.0. The highest BCUT2D eigenvalue weighted by Gasteiger charge is 2.50. The number of carboxylic acids is 1. The molecular formula is C73H132O12. The van der Waals surface area contributed by atoms with E-state index in [1.165, 1.54) is 225 Å². The second-order valence-corrected chi connectivity index (χ2v) is 24.9. The third-order valence-corrected chi connectivity index (χ3v) is 16.7. The van der Waals surface area contributed by atoms with E-state index in [1.807, 2.05) is 0 Å². The minimum atomic E-state index is -1.90. The largest absolute Gasteiger partial charge is 0.479 e. The van der Waals surface area contributed by atoms with E-state index in [0.717, 1.165) is 70.6 Å². The normalized spacial score (nSPS) is 17.6. The fourth-order valence-electron chi connectivity index (χ4n) is 11.1. The van der Waals surface area contributed by atoms with E-state index in [4.69, 9.17) is 23.7 Å². The minimum absolute atomic E-state index is 0.0587. The lowest BCUT2D eigenvalue weighted by atomic mass is 9.98. The second-order valence-electron chi connectivity index (χ2n) is 24.9. The predicted octanol–water partition coefficient (Wildman–Crippen LogP) is 19.9. The summed E-state index contributed by atoms with van der Waals surface area (Å²) in [5.74, 6) is -3.09. The standard InChI is InChI=1S/C73H132O12/c1-4-7-10-13-16-19-22-25-28-31-33-36-38-41-44-47-50-53-56-59-65(74)81-62-64(83-66(75)60-57-54-51-48-45-42-40-37-34-32-29-26-23-20-17-14-11-8-5-2)63-82-73-71(69(78)68(77)70(85-73)72(79)80)84-67(76)61-58-55-52-49-46-43-39-35-30-27-24-21-18-15-12-9-6-3/h25-30,64,68-71,73,77-78H,4-24,31-63H2,1-3H3,(H,79,80)/b28-25-,29-26-,30-27-. The van der Waals surface area contributed by atoms with Crippen LogP contribution < -0.4 is 0 Å². The number of hydrogen-bond donors (Lipinski definition) is 3. The molecule has 1 aliphatic rings. The summed E-state index contributed by atoms with van der Waals surface area (Å²) < 4.78 is 28.7.